The van der Waals surface area contributed by atoms with Crippen molar-refractivity contribution in [2.45, 2.75) is 38.1 Å². The maximum absolute atomic E-state index is 13.0. The number of nitrogens with zero attached hydrogens (tertiary/aromatic N) is 3. The van der Waals surface area contributed by atoms with Gasteiger partial charge < -0.3 is 10.1 Å². The van der Waals surface area contributed by atoms with Crippen LogP contribution in [0.3, 0.4) is 0 Å². The average Bonchev–Trinajstić information content (AvgIpc) is 3.24. The largest absolute Gasteiger partial charge is 0.497 e. The molecule has 0 bridgehead atoms. The van der Waals surface area contributed by atoms with E-state index in [1.165, 1.54) is 6.42 Å². The van der Waals surface area contributed by atoms with E-state index in [0.717, 1.165) is 48.7 Å². The lowest BCUT2D eigenvalue weighted by molar-refractivity contribution is 0.0921. The van der Waals surface area contributed by atoms with E-state index in [1.54, 1.807) is 35.4 Å². The molecule has 1 aliphatic rings. The first-order chi connectivity index (χ1) is 15.1. The molecule has 0 atom stereocenters. The van der Waals surface area contributed by atoms with Gasteiger partial charge in [0.25, 0.3) is 11.8 Å². The molecule has 0 saturated heterocycles. The van der Waals surface area contributed by atoms with Crippen molar-refractivity contribution in [2.24, 2.45) is 4.99 Å². The monoisotopic (exact) mass is 436 g/mol. The maximum Gasteiger partial charge on any atom is 0.278 e. The van der Waals surface area contributed by atoms with Crippen molar-refractivity contribution in [1.82, 2.24) is 14.5 Å². The van der Waals surface area contributed by atoms with Crippen molar-refractivity contribution < 1.29 is 14.3 Å². The topological polar surface area (TPSA) is 85.6 Å². The Hall–Kier alpha value is -3.26. The Labute approximate surface area is 184 Å². The number of hydrogen-bond acceptors (Lipinski definition) is 5. The van der Waals surface area contributed by atoms with Crippen LogP contribution in [0, 0.1) is 0 Å². The summed E-state index contributed by atoms with van der Waals surface area (Å²) in [4.78, 5) is 29.9. The van der Waals surface area contributed by atoms with Gasteiger partial charge >= 0.3 is 0 Å². The average molecular weight is 437 g/mol. The minimum atomic E-state index is -0.405. The van der Waals surface area contributed by atoms with Crippen molar-refractivity contribution in [2.75, 3.05) is 7.11 Å². The molecule has 8 heteroatoms. The van der Waals surface area contributed by atoms with E-state index in [0.29, 0.717) is 5.56 Å². The van der Waals surface area contributed by atoms with Gasteiger partial charge in [0, 0.05) is 11.6 Å². The summed E-state index contributed by atoms with van der Waals surface area (Å²) in [6, 6.07) is 16.3. The van der Waals surface area contributed by atoms with Crippen LogP contribution in [-0.4, -0.2) is 34.1 Å². The van der Waals surface area contributed by atoms with E-state index >= 15 is 0 Å². The highest BCUT2D eigenvalue weighted by Crippen LogP contribution is 2.18. The highest BCUT2D eigenvalue weighted by atomic mass is 32.1. The van der Waals surface area contributed by atoms with E-state index in [1.807, 2.05) is 30.3 Å². The normalized spacial score (nSPS) is 14.9. The van der Waals surface area contributed by atoms with Crippen LogP contribution in [0.4, 0.5) is 0 Å². The Morgan fingerprint density at radius 2 is 1.77 bits per heavy atom. The molecule has 4 rings (SSSR count). The lowest BCUT2D eigenvalue weighted by Gasteiger charge is -2.22. The molecule has 1 saturated carbocycles. The third kappa shape index (κ3) is 5.08. The molecule has 0 spiro atoms. The van der Waals surface area contributed by atoms with Gasteiger partial charge in [0.1, 0.15) is 5.75 Å². The molecule has 7 nitrogen and oxygen atoms in total. The highest BCUT2D eigenvalue weighted by Gasteiger charge is 2.21. The number of aromatic nitrogens is 2. The predicted octanol–water partition coefficient (Wildman–Crippen LogP) is 3.75. The van der Waals surface area contributed by atoms with Crippen LogP contribution in [0.5, 0.6) is 5.75 Å². The maximum atomic E-state index is 13.0. The zero-order chi connectivity index (χ0) is 21.6. The van der Waals surface area contributed by atoms with Crippen LogP contribution in [0.1, 0.15) is 53.0 Å². The first-order valence-corrected chi connectivity index (χ1v) is 11.1. The van der Waals surface area contributed by atoms with Gasteiger partial charge in [-0.05, 0) is 60.8 Å². The Kier molecular flexibility index (Phi) is 6.57. The summed E-state index contributed by atoms with van der Waals surface area (Å²) in [6.45, 7) is 0. The SMILES string of the molecule is COc1ccc(-n2nc(C(=O)NC3CCCCC3)c(=NC(=O)c3ccccc3)s2)cc1. The van der Waals surface area contributed by atoms with E-state index < -0.39 is 5.91 Å². The van der Waals surface area contributed by atoms with Crippen LogP contribution in [-0.2, 0) is 0 Å². The van der Waals surface area contributed by atoms with Crippen LogP contribution in [0.25, 0.3) is 5.69 Å². The van der Waals surface area contributed by atoms with E-state index in [-0.39, 0.29) is 22.3 Å². The summed E-state index contributed by atoms with van der Waals surface area (Å²) < 4.78 is 7.10. The van der Waals surface area contributed by atoms with Gasteiger partial charge in [-0.15, -0.1) is 5.10 Å². The van der Waals surface area contributed by atoms with Gasteiger partial charge in [0.2, 0.25) is 0 Å². The molecule has 0 unspecified atom stereocenters. The van der Waals surface area contributed by atoms with Gasteiger partial charge in [-0.1, -0.05) is 37.5 Å². The second-order valence-electron chi connectivity index (χ2n) is 7.41. The Balaban J connectivity index is 1.69. The first-order valence-electron chi connectivity index (χ1n) is 10.3. The first kappa shape index (κ1) is 21.0. The summed E-state index contributed by atoms with van der Waals surface area (Å²) in [5.41, 5.74) is 1.38. The number of amides is 2. The zero-order valence-corrected chi connectivity index (χ0v) is 18.1. The highest BCUT2D eigenvalue weighted by molar-refractivity contribution is 7.04. The Morgan fingerprint density at radius 3 is 2.45 bits per heavy atom. The number of hydrogen-bond donors (Lipinski definition) is 1. The fraction of sp³-hybridized carbons (Fsp3) is 0.304. The molecule has 1 aromatic heterocycles. The van der Waals surface area contributed by atoms with Gasteiger partial charge in [-0.2, -0.15) is 9.06 Å². The van der Waals surface area contributed by atoms with Crippen molar-refractivity contribution in [1.29, 1.82) is 0 Å². The van der Waals surface area contributed by atoms with E-state index in [9.17, 15) is 9.59 Å². The second kappa shape index (κ2) is 9.70. The van der Waals surface area contributed by atoms with Crippen LogP contribution in [0.2, 0.25) is 0 Å². The molecular weight excluding hydrogens is 412 g/mol. The molecule has 2 aromatic carbocycles. The molecule has 1 heterocycles. The summed E-state index contributed by atoms with van der Waals surface area (Å²) in [6.07, 6.45) is 5.34. The summed E-state index contributed by atoms with van der Waals surface area (Å²) in [7, 11) is 1.60. The fourth-order valence-corrected chi connectivity index (χ4v) is 4.41. The lowest BCUT2D eigenvalue weighted by Crippen LogP contribution is -2.38. The second-order valence-corrected chi connectivity index (χ2v) is 8.32. The molecule has 1 N–H and O–H groups in total. The van der Waals surface area contributed by atoms with Gasteiger partial charge in [-0.3, -0.25) is 9.59 Å². The van der Waals surface area contributed by atoms with Gasteiger partial charge in [-0.25, -0.2) is 0 Å². The fourth-order valence-electron chi connectivity index (χ4n) is 3.55. The van der Waals surface area contributed by atoms with Gasteiger partial charge in [0.05, 0.1) is 12.8 Å². The van der Waals surface area contributed by atoms with Crippen LogP contribution >= 0.6 is 11.5 Å². The summed E-state index contributed by atoms with van der Waals surface area (Å²) in [5.74, 6) is 0.0215. The number of methoxy groups -OCH3 is 1. The predicted molar refractivity (Wildman–Crippen MR) is 119 cm³/mol. The van der Waals surface area contributed by atoms with E-state index in [4.69, 9.17) is 4.74 Å². The third-order valence-electron chi connectivity index (χ3n) is 5.24. The molecule has 2 amide bonds. The van der Waals surface area contributed by atoms with Gasteiger partial charge in [0.15, 0.2) is 10.4 Å². The minimum absolute atomic E-state index is 0.134. The lowest BCUT2D eigenvalue weighted by atomic mass is 9.95. The number of ether oxygens (including phenoxy) is 1. The van der Waals surface area contributed by atoms with Crippen molar-refractivity contribution in [3.8, 4) is 11.4 Å². The van der Waals surface area contributed by atoms with Crippen molar-refractivity contribution in [3.63, 3.8) is 0 Å². The molecule has 0 aliphatic heterocycles. The standard InChI is InChI=1S/C23H24N4O3S/c1-30-19-14-12-18(13-15-19)27-26-20(22(29)24-17-10-6-3-7-11-17)23(31-27)25-21(28)16-8-4-2-5-9-16/h2,4-5,8-9,12-15,17H,3,6-7,10-11H2,1H3,(H,24,29). The molecule has 0 radical (unpaired) electrons. The number of carbonyl (C=O) groups is 2. The summed E-state index contributed by atoms with van der Waals surface area (Å²) in [5, 5.41) is 7.56. The smallest absolute Gasteiger partial charge is 0.278 e. The van der Waals surface area contributed by atoms with Crippen LogP contribution in [0.15, 0.2) is 59.6 Å². The van der Waals surface area contributed by atoms with Crippen LogP contribution < -0.4 is 14.7 Å². The molecular formula is C23H24N4O3S. The van der Waals surface area contributed by atoms with Crippen molar-refractivity contribution >= 4 is 23.3 Å². The number of rotatable bonds is 5. The number of benzene rings is 2. The van der Waals surface area contributed by atoms with E-state index in [2.05, 4.69) is 15.4 Å². The third-order valence-corrected chi connectivity index (χ3v) is 6.16. The number of carbonyl (C=O) groups excluding carboxylic acids is 2. The Morgan fingerprint density at radius 1 is 1.06 bits per heavy atom. The minimum Gasteiger partial charge on any atom is -0.497 e. The zero-order valence-electron chi connectivity index (χ0n) is 17.3. The molecule has 3 aromatic rings. The molecule has 1 fully saturated rings. The quantitative estimate of drug-likeness (QED) is 0.660. The Bertz CT molecular complexity index is 1110. The molecule has 160 valence electrons. The summed E-state index contributed by atoms with van der Waals surface area (Å²) >= 11 is 1.16. The van der Waals surface area contributed by atoms with Crippen molar-refractivity contribution in [3.05, 3.63) is 70.5 Å². The number of nitrogens with one attached hydrogen (secondary N) is 1. The molecule has 31 heavy (non-hydrogen) atoms. The molecule has 1 aliphatic carbocycles.